The van der Waals surface area contributed by atoms with Crippen molar-refractivity contribution in [2.24, 2.45) is 5.73 Å². The van der Waals surface area contributed by atoms with E-state index in [9.17, 15) is 10.1 Å². The Morgan fingerprint density at radius 2 is 1.77 bits per heavy atom. The second kappa shape index (κ2) is 13.4. The molecule has 0 aliphatic carbocycles. The van der Waals surface area contributed by atoms with Gasteiger partial charge in [0.25, 0.3) is 0 Å². The van der Waals surface area contributed by atoms with E-state index in [1.807, 2.05) is 69.3 Å². The van der Waals surface area contributed by atoms with Crippen LogP contribution in [0.5, 0.6) is 28.7 Å². The molecule has 0 spiro atoms. The number of hydrogen-bond acceptors (Lipinski definition) is 8. The first-order chi connectivity index (χ1) is 21.3. The first-order valence-corrected chi connectivity index (χ1v) is 14.4. The van der Waals surface area contributed by atoms with E-state index in [2.05, 4.69) is 6.07 Å². The van der Waals surface area contributed by atoms with Crippen molar-refractivity contribution in [3.63, 3.8) is 0 Å². The molecule has 1 atom stereocenters. The Morgan fingerprint density at radius 1 is 0.955 bits per heavy atom. The summed E-state index contributed by atoms with van der Waals surface area (Å²) in [5.41, 5.74) is 10.7. The number of hydrogen-bond donors (Lipinski definition) is 1. The Balaban J connectivity index is 1.38. The normalized spacial score (nSPS) is 13.8. The molecule has 0 aromatic heterocycles. The van der Waals surface area contributed by atoms with Crippen LogP contribution < -0.4 is 29.4 Å². The number of nitrogens with zero attached hydrogens (tertiary/aromatic N) is 1. The van der Waals surface area contributed by atoms with Gasteiger partial charge in [0, 0.05) is 22.2 Å². The van der Waals surface area contributed by atoms with Crippen molar-refractivity contribution >= 4 is 17.6 Å². The zero-order valence-electron chi connectivity index (χ0n) is 24.6. The topological polar surface area (TPSA) is 113 Å². The number of ether oxygens (including phenoxy) is 5. The third kappa shape index (κ3) is 6.59. The quantitative estimate of drug-likeness (QED) is 0.149. The summed E-state index contributed by atoms with van der Waals surface area (Å²) in [6.45, 7) is 6.17. The van der Waals surface area contributed by atoms with Crippen molar-refractivity contribution in [2.45, 2.75) is 33.3 Å². The lowest BCUT2D eigenvalue weighted by molar-refractivity contribution is -0.136. The van der Waals surface area contributed by atoms with Gasteiger partial charge in [-0.15, -0.1) is 0 Å². The Hall–Kier alpha value is -5.13. The molecule has 1 heterocycles. The monoisotopic (exact) mass is 610 g/mol. The highest BCUT2D eigenvalue weighted by Crippen LogP contribution is 2.45. The number of aryl methyl sites for hydroxylation is 1. The van der Waals surface area contributed by atoms with Crippen LogP contribution in [0.15, 0.2) is 90.3 Å². The summed E-state index contributed by atoms with van der Waals surface area (Å²) in [6, 6.07) is 25.7. The van der Waals surface area contributed by atoms with Gasteiger partial charge in [0.2, 0.25) is 5.88 Å². The molecule has 1 aliphatic rings. The van der Waals surface area contributed by atoms with Crippen LogP contribution in [0.25, 0.3) is 0 Å². The van der Waals surface area contributed by atoms with E-state index in [1.54, 1.807) is 30.3 Å². The summed E-state index contributed by atoms with van der Waals surface area (Å²) in [7, 11) is 0. The largest absolute Gasteiger partial charge is 0.490 e. The van der Waals surface area contributed by atoms with Gasteiger partial charge in [-0.25, -0.2) is 4.79 Å². The van der Waals surface area contributed by atoms with E-state index in [0.717, 1.165) is 22.3 Å². The molecule has 0 saturated carbocycles. The summed E-state index contributed by atoms with van der Waals surface area (Å²) in [6.07, 6.45) is 0. The average molecular weight is 611 g/mol. The Morgan fingerprint density at radius 3 is 2.55 bits per heavy atom. The number of carbonyl (C=O) groups is 1. The number of halogens is 1. The maximum atomic E-state index is 12.6. The molecule has 9 heteroatoms. The molecule has 1 unspecified atom stereocenters. The Bertz CT molecular complexity index is 1780. The van der Waals surface area contributed by atoms with Crippen LogP contribution in [0, 0.1) is 25.2 Å². The van der Waals surface area contributed by atoms with Crippen LogP contribution in [0.2, 0.25) is 5.02 Å². The van der Waals surface area contributed by atoms with Crippen LogP contribution in [-0.4, -0.2) is 19.2 Å². The molecular weight excluding hydrogens is 580 g/mol. The van der Waals surface area contributed by atoms with Gasteiger partial charge < -0.3 is 29.4 Å². The lowest BCUT2D eigenvalue weighted by atomic mass is 9.83. The van der Waals surface area contributed by atoms with Gasteiger partial charge in [-0.2, -0.15) is 5.26 Å². The van der Waals surface area contributed by atoms with Crippen LogP contribution in [0.3, 0.4) is 0 Å². The van der Waals surface area contributed by atoms with Crippen LogP contribution in [0.4, 0.5) is 0 Å². The maximum absolute atomic E-state index is 12.6. The van der Waals surface area contributed by atoms with E-state index in [-0.39, 0.29) is 30.4 Å². The van der Waals surface area contributed by atoms with Gasteiger partial charge in [-0.05, 0) is 67.8 Å². The fourth-order valence-corrected chi connectivity index (χ4v) is 5.07. The molecule has 224 valence electrons. The summed E-state index contributed by atoms with van der Waals surface area (Å²) in [5.74, 6) is 1.11. The van der Waals surface area contributed by atoms with Crippen molar-refractivity contribution in [2.75, 3.05) is 13.2 Å². The number of rotatable bonds is 10. The standard InChI is InChI=1S/C35H31ClN2O6/c1-4-40-32-16-23(12-15-30(32)41-19-24-9-5-6-10-28(24)36)34-26-14-13-25(17-31(26)44-35(38)27(34)18-37)43-33(39)20-42-29-11-7-8-21(2)22(29)3/h5-17,34H,4,19-20,38H2,1-3H3. The smallest absolute Gasteiger partial charge is 0.349 e. The number of esters is 1. The van der Waals surface area contributed by atoms with Gasteiger partial charge in [0.1, 0.15) is 35.5 Å². The SMILES string of the molecule is CCOc1cc(C2C(C#N)=C(N)Oc3cc(OC(=O)COc4cccc(C)c4C)ccc32)ccc1OCc1ccccc1Cl. The second-order valence-corrected chi connectivity index (χ2v) is 10.5. The van der Waals surface area contributed by atoms with Crippen molar-refractivity contribution in [3.05, 3.63) is 123 Å². The summed E-state index contributed by atoms with van der Waals surface area (Å²) >= 11 is 6.30. The van der Waals surface area contributed by atoms with E-state index in [0.29, 0.717) is 40.2 Å². The lowest BCUT2D eigenvalue weighted by Crippen LogP contribution is -2.22. The number of benzene rings is 4. The van der Waals surface area contributed by atoms with E-state index < -0.39 is 11.9 Å². The summed E-state index contributed by atoms with van der Waals surface area (Å²) in [5, 5.41) is 10.6. The molecule has 0 amide bonds. The minimum absolute atomic E-state index is 0.0382. The highest BCUT2D eigenvalue weighted by atomic mass is 35.5. The summed E-state index contributed by atoms with van der Waals surface area (Å²) in [4.78, 5) is 12.6. The third-order valence-corrected chi connectivity index (χ3v) is 7.63. The lowest BCUT2D eigenvalue weighted by Gasteiger charge is -2.27. The highest BCUT2D eigenvalue weighted by Gasteiger charge is 2.32. The number of nitriles is 1. The molecular formula is C35H31ClN2O6. The molecule has 2 N–H and O–H groups in total. The fourth-order valence-electron chi connectivity index (χ4n) is 4.88. The second-order valence-electron chi connectivity index (χ2n) is 10.1. The third-order valence-electron chi connectivity index (χ3n) is 7.26. The van der Waals surface area contributed by atoms with Crippen LogP contribution in [0.1, 0.15) is 40.7 Å². The zero-order valence-corrected chi connectivity index (χ0v) is 25.3. The maximum Gasteiger partial charge on any atom is 0.349 e. The summed E-state index contributed by atoms with van der Waals surface area (Å²) < 4.78 is 29.0. The molecule has 0 fully saturated rings. The fraction of sp³-hybridized carbons (Fsp3) is 0.200. The number of nitrogens with two attached hydrogens (primary N) is 1. The number of allylic oxidation sites excluding steroid dienone is 1. The first kappa shape index (κ1) is 30.3. The Labute approximate surface area is 261 Å². The van der Waals surface area contributed by atoms with Gasteiger partial charge in [-0.1, -0.05) is 54.1 Å². The van der Waals surface area contributed by atoms with Crippen molar-refractivity contribution < 1.29 is 28.5 Å². The first-order valence-electron chi connectivity index (χ1n) is 14.0. The minimum atomic E-state index is -0.576. The number of fused-ring (bicyclic) bond motifs is 1. The molecule has 4 aromatic carbocycles. The molecule has 0 bridgehead atoms. The highest BCUT2D eigenvalue weighted by molar-refractivity contribution is 6.31. The van der Waals surface area contributed by atoms with Crippen molar-refractivity contribution in [3.8, 4) is 34.8 Å². The molecule has 0 saturated heterocycles. The van der Waals surface area contributed by atoms with Crippen LogP contribution >= 0.6 is 11.6 Å². The van der Waals surface area contributed by atoms with Gasteiger partial charge in [0.15, 0.2) is 18.1 Å². The minimum Gasteiger partial charge on any atom is -0.490 e. The van der Waals surface area contributed by atoms with E-state index in [1.165, 1.54) is 0 Å². The molecule has 4 aromatic rings. The van der Waals surface area contributed by atoms with E-state index >= 15 is 0 Å². The van der Waals surface area contributed by atoms with Gasteiger partial charge in [0.05, 0.1) is 12.5 Å². The van der Waals surface area contributed by atoms with Gasteiger partial charge in [-0.3, -0.25) is 0 Å². The van der Waals surface area contributed by atoms with Crippen molar-refractivity contribution in [1.29, 1.82) is 5.26 Å². The average Bonchev–Trinajstić information content (AvgIpc) is 3.01. The van der Waals surface area contributed by atoms with Crippen molar-refractivity contribution in [1.82, 2.24) is 0 Å². The molecule has 5 rings (SSSR count). The predicted octanol–water partition coefficient (Wildman–Crippen LogP) is 7.14. The van der Waals surface area contributed by atoms with Gasteiger partial charge >= 0.3 is 5.97 Å². The predicted molar refractivity (Wildman–Crippen MR) is 166 cm³/mol. The molecule has 0 radical (unpaired) electrons. The molecule has 44 heavy (non-hydrogen) atoms. The molecule has 1 aliphatic heterocycles. The van der Waals surface area contributed by atoms with Crippen LogP contribution in [-0.2, 0) is 11.4 Å². The zero-order chi connectivity index (χ0) is 31.2. The molecule has 8 nitrogen and oxygen atoms in total. The van der Waals surface area contributed by atoms with E-state index in [4.69, 9.17) is 41.0 Å². The Kier molecular flexibility index (Phi) is 9.27. The number of carbonyl (C=O) groups excluding carboxylic acids is 1.